The lowest BCUT2D eigenvalue weighted by atomic mass is 10.2. The minimum absolute atomic E-state index is 0.143. The molecule has 6 nitrogen and oxygen atoms in total. The summed E-state index contributed by atoms with van der Waals surface area (Å²) in [5.74, 6) is 1.30. The van der Waals surface area contributed by atoms with Crippen molar-refractivity contribution >= 4 is 11.7 Å². The van der Waals surface area contributed by atoms with E-state index in [9.17, 15) is 4.79 Å². The van der Waals surface area contributed by atoms with Gasteiger partial charge in [0.1, 0.15) is 11.6 Å². The Labute approximate surface area is 118 Å². The van der Waals surface area contributed by atoms with Gasteiger partial charge in [0.25, 0.3) is 5.91 Å². The van der Waals surface area contributed by atoms with Crippen LogP contribution in [0.15, 0.2) is 30.7 Å². The second kappa shape index (κ2) is 6.70. The number of carbonyl (C=O) groups is 1. The number of hydrogen-bond acceptors (Lipinski definition) is 4. The van der Waals surface area contributed by atoms with Gasteiger partial charge in [0.2, 0.25) is 0 Å². The Balaban J connectivity index is 2.01. The van der Waals surface area contributed by atoms with Crippen molar-refractivity contribution in [2.45, 2.75) is 26.3 Å². The molecule has 106 valence electrons. The molecule has 0 fully saturated rings. The quantitative estimate of drug-likeness (QED) is 0.753. The fourth-order valence-electron chi connectivity index (χ4n) is 1.78. The standard InChI is InChI=1S/C14H19N5O/c1-3-5-15-12-9-11(4-6-16-12)14(20)19-10(2)13-17-7-8-18-13/h4,6-10H,3,5H2,1-2H3,(H,15,16)(H,17,18)(H,19,20). The van der Waals surface area contributed by atoms with Gasteiger partial charge in [0, 0.05) is 30.7 Å². The lowest BCUT2D eigenvalue weighted by molar-refractivity contribution is 0.0938. The SMILES string of the molecule is CCCNc1cc(C(=O)NC(C)c2ncc[nH]2)ccn1. The zero-order chi connectivity index (χ0) is 14.4. The Morgan fingerprint density at radius 1 is 1.40 bits per heavy atom. The second-order valence-corrected chi connectivity index (χ2v) is 4.53. The largest absolute Gasteiger partial charge is 0.370 e. The van der Waals surface area contributed by atoms with Crippen LogP contribution in [0.25, 0.3) is 0 Å². The minimum Gasteiger partial charge on any atom is -0.370 e. The molecular formula is C14H19N5O. The van der Waals surface area contributed by atoms with Gasteiger partial charge in [0.05, 0.1) is 6.04 Å². The number of pyridine rings is 1. The van der Waals surface area contributed by atoms with Crippen molar-refractivity contribution in [2.24, 2.45) is 0 Å². The van der Waals surface area contributed by atoms with E-state index in [0.29, 0.717) is 11.4 Å². The number of nitrogens with one attached hydrogen (secondary N) is 3. The number of aromatic amines is 1. The maximum absolute atomic E-state index is 12.2. The minimum atomic E-state index is -0.169. The lowest BCUT2D eigenvalue weighted by Crippen LogP contribution is -2.27. The van der Waals surface area contributed by atoms with Crippen molar-refractivity contribution in [3.63, 3.8) is 0 Å². The Kier molecular flexibility index (Phi) is 4.70. The molecular weight excluding hydrogens is 254 g/mol. The van der Waals surface area contributed by atoms with Crippen molar-refractivity contribution in [1.82, 2.24) is 20.3 Å². The molecule has 20 heavy (non-hydrogen) atoms. The first-order valence-corrected chi connectivity index (χ1v) is 6.70. The third kappa shape index (κ3) is 3.57. The summed E-state index contributed by atoms with van der Waals surface area (Å²) in [4.78, 5) is 23.5. The van der Waals surface area contributed by atoms with Crippen LogP contribution in [0.4, 0.5) is 5.82 Å². The predicted octanol–water partition coefficient (Wildman–Crippen LogP) is 2.12. The highest BCUT2D eigenvalue weighted by Gasteiger charge is 2.13. The molecule has 0 bridgehead atoms. The van der Waals surface area contributed by atoms with Gasteiger partial charge in [-0.3, -0.25) is 4.79 Å². The summed E-state index contributed by atoms with van der Waals surface area (Å²) >= 11 is 0. The molecule has 3 N–H and O–H groups in total. The van der Waals surface area contributed by atoms with Crippen molar-refractivity contribution in [2.75, 3.05) is 11.9 Å². The van der Waals surface area contributed by atoms with E-state index in [0.717, 1.165) is 18.8 Å². The van der Waals surface area contributed by atoms with Gasteiger partial charge < -0.3 is 15.6 Å². The molecule has 2 rings (SSSR count). The molecule has 0 aliphatic heterocycles. The number of nitrogens with zero attached hydrogens (tertiary/aromatic N) is 2. The Hall–Kier alpha value is -2.37. The van der Waals surface area contributed by atoms with Crippen molar-refractivity contribution in [3.05, 3.63) is 42.1 Å². The van der Waals surface area contributed by atoms with E-state index in [1.807, 2.05) is 6.92 Å². The number of rotatable bonds is 6. The topological polar surface area (TPSA) is 82.7 Å². The molecule has 2 aromatic heterocycles. The summed E-state index contributed by atoms with van der Waals surface area (Å²) in [5, 5.41) is 6.05. The molecule has 0 aromatic carbocycles. The summed E-state index contributed by atoms with van der Waals surface area (Å²) in [6.07, 6.45) is 6.03. The van der Waals surface area contributed by atoms with Crippen LogP contribution in [0.5, 0.6) is 0 Å². The van der Waals surface area contributed by atoms with Gasteiger partial charge in [-0.1, -0.05) is 6.92 Å². The van der Waals surface area contributed by atoms with E-state index in [2.05, 4.69) is 32.5 Å². The van der Waals surface area contributed by atoms with Crippen LogP contribution in [-0.2, 0) is 0 Å². The van der Waals surface area contributed by atoms with E-state index in [-0.39, 0.29) is 11.9 Å². The van der Waals surface area contributed by atoms with Crippen LogP contribution >= 0.6 is 0 Å². The average Bonchev–Trinajstić information content (AvgIpc) is 2.99. The van der Waals surface area contributed by atoms with E-state index in [4.69, 9.17) is 0 Å². The van der Waals surface area contributed by atoms with Gasteiger partial charge in [-0.2, -0.15) is 0 Å². The Morgan fingerprint density at radius 3 is 2.95 bits per heavy atom. The van der Waals surface area contributed by atoms with E-state index in [1.165, 1.54) is 0 Å². The number of amides is 1. The van der Waals surface area contributed by atoms with E-state index in [1.54, 1.807) is 30.7 Å². The van der Waals surface area contributed by atoms with Crippen molar-refractivity contribution < 1.29 is 4.79 Å². The number of imidazole rings is 1. The fraction of sp³-hybridized carbons (Fsp3) is 0.357. The number of H-pyrrole nitrogens is 1. The first kappa shape index (κ1) is 14.0. The van der Waals surface area contributed by atoms with Gasteiger partial charge in [0.15, 0.2) is 0 Å². The summed E-state index contributed by atoms with van der Waals surface area (Å²) < 4.78 is 0. The van der Waals surface area contributed by atoms with Crippen LogP contribution < -0.4 is 10.6 Å². The highest BCUT2D eigenvalue weighted by Crippen LogP contribution is 2.10. The van der Waals surface area contributed by atoms with Crippen molar-refractivity contribution in [3.8, 4) is 0 Å². The Morgan fingerprint density at radius 2 is 2.25 bits per heavy atom. The van der Waals surface area contributed by atoms with E-state index < -0.39 is 0 Å². The Bertz CT molecular complexity index is 552. The normalized spacial score (nSPS) is 11.9. The summed E-state index contributed by atoms with van der Waals surface area (Å²) in [6, 6.07) is 3.28. The summed E-state index contributed by atoms with van der Waals surface area (Å²) in [6.45, 7) is 4.80. The number of carbonyl (C=O) groups excluding carboxylic acids is 1. The first-order valence-electron chi connectivity index (χ1n) is 6.70. The fourth-order valence-corrected chi connectivity index (χ4v) is 1.78. The highest BCUT2D eigenvalue weighted by molar-refractivity contribution is 5.94. The predicted molar refractivity (Wildman–Crippen MR) is 77.5 cm³/mol. The van der Waals surface area contributed by atoms with Crippen LogP contribution in [0, 0.1) is 0 Å². The first-order chi connectivity index (χ1) is 9.70. The second-order valence-electron chi connectivity index (χ2n) is 4.53. The molecule has 0 radical (unpaired) electrons. The zero-order valence-corrected chi connectivity index (χ0v) is 11.7. The summed E-state index contributed by atoms with van der Waals surface area (Å²) in [5.41, 5.74) is 0.581. The molecule has 1 unspecified atom stereocenters. The smallest absolute Gasteiger partial charge is 0.252 e. The van der Waals surface area contributed by atoms with Crippen LogP contribution in [-0.4, -0.2) is 27.4 Å². The van der Waals surface area contributed by atoms with Crippen LogP contribution in [0.2, 0.25) is 0 Å². The van der Waals surface area contributed by atoms with Crippen LogP contribution in [0.3, 0.4) is 0 Å². The monoisotopic (exact) mass is 273 g/mol. The molecule has 0 aliphatic carbocycles. The molecule has 0 saturated carbocycles. The molecule has 0 saturated heterocycles. The molecule has 1 atom stereocenters. The molecule has 0 spiro atoms. The van der Waals surface area contributed by atoms with Crippen LogP contribution in [0.1, 0.15) is 42.5 Å². The maximum Gasteiger partial charge on any atom is 0.252 e. The molecule has 2 aromatic rings. The van der Waals surface area contributed by atoms with Gasteiger partial charge in [-0.25, -0.2) is 9.97 Å². The zero-order valence-electron chi connectivity index (χ0n) is 11.7. The molecule has 0 aliphatic rings. The third-order valence-corrected chi connectivity index (χ3v) is 2.86. The maximum atomic E-state index is 12.2. The van der Waals surface area contributed by atoms with Gasteiger partial charge in [-0.05, 0) is 25.5 Å². The van der Waals surface area contributed by atoms with E-state index >= 15 is 0 Å². The van der Waals surface area contributed by atoms with Gasteiger partial charge in [-0.15, -0.1) is 0 Å². The number of aromatic nitrogens is 3. The lowest BCUT2D eigenvalue weighted by Gasteiger charge is -2.12. The van der Waals surface area contributed by atoms with Crippen molar-refractivity contribution in [1.29, 1.82) is 0 Å². The third-order valence-electron chi connectivity index (χ3n) is 2.86. The van der Waals surface area contributed by atoms with Gasteiger partial charge >= 0.3 is 0 Å². The molecule has 1 amide bonds. The molecule has 6 heteroatoms. The summed E-state index contributed by atoms with van der Waals surface area (Å²) in [7, 11) is 0. The molecule has 2 heterocycles. The number of anilines is 1. The number of hydrogen-bond donors (Lipinski definition) is 3. The highest BCUT2D eigenvalue weighted by atomic mass is 16.1. The average molecular weight is 273 g/mol.